The van der Waals surface area contributed by atoms with Crippen LogP contribution in [0.4, 0.5) is 17.3 Å². The minimum absolute atomic E-state index is 1.01. The topological polar surface area (TPSA) is 8.81 Å². The van der Waals surface area contributed by atoms with Gasteiger partial charge in [-0.2, -0.15) is 0 Å². The van der Waals surface area contributed by atoms with Gasteiger partial charge in [-0.3, -0.25) is 0 Å². The Bertz CT molecular complexity index is 275. The van der Waals surface area contributed by atoms with Gasteiger partial charge in [0, 0.05) is 0 Å². The third kappa shape index (κ3) is 7.39. The van der Waals surface area contributed by atoms with Crippen LogP contribution in [0.1, 0.15) is 6.92 Å². The van der Waals surface area contributed by atoms with Crippen molar-refractivity contribution in [2.75, 3.05) is 0 Å². The molecule has 0 aliphatic carbocycles. The molecule has 0 amide bonds. The fraction of sp³-hybridized carbons (Fsp3) is 0.286. The first-order valence-corrected chi connectivity index (χ1v) is 3.93. The van der Waals surface area contributed by atoms with Gasteiger partial charge in [0.05, 0.1) is 12.7 Å². The van der Waals surface area contributed by atoms with Gasteiger partial charge < -0.3 is 17.3 Å². The first kappa shape index (κ1) is 12.7. The number of nitrogens with zero attached hydrogens (tertiary/aromatic N) is 2. The van der Waals surface area contributed by atoms with Gasteiger partial charge in [0.2, 0.25) is 6.33 Å². The second-order valence-corrected chi connectivity index (χ2v) is 2.37. The lowest BCUT2D eigenvalue weighted by Gasteiger charge is -1.94. The smallest absolute Gasteiger partial charge is 0.418 e. The van der Waals surface area contributed by atoms with E-state index in [1.807, 2.05) is 23.3 Å². The van der Waals surface area contributed by atoms with E-state index < -0.39 is 7.25 Å². The van der Waals surface area contributed by atoms with Crippen molar-refractivity contribution in [1.29, 1.82) is 0 Å². The highest BCUT2D eigenvalue weighted by atomic mass is 19.5. The molecule has 0 spiro atoms. The molecule has 1 rings (SSSR count). The van der Waals surface area contributed by atoms with E-state index in [0.717, 1.165) is 6.54 Å². The molecular formula is C7H11BF4N2. The molecule has 80 valence electrons. The Balaban J connectivity index is 0.000000292. The second kappa shape index (κ2) is 5.46. The average Bonchev–Trinajstić information content (AvgIpc) is 2.48. The van der Waals surface area contributed by atoms with Crippen LogP contribution in [0, 0.1) is 0 Å². The standard InChI is InChI=1S/C7H11N2.BF4/c1-3-8-5-6-9(4-2)7-8;2-1(3,4)5/h3,5-7H,1,4H2,2H3;/q+1;-1. The molecule has 0 N–H and O–H groups in total. The van der Waals surface area contributed by atoms with Crippen molar-refractivity contribution in [1.82, 2.24) is 4.57 Å². The third-order valence-electron chi connectivity index (χ3n) is 1.29. The first-order chi connectivity index (χ1) is 6.36. The van der Waals surface area contributed by atoms with Crippen LogP contribution < -0.4 is 4.57 Å². The van der Waals surface area contributed by atoms with Crippen molar-refractivity contribution in [3.05, 3.63) is 25.3 Å². The van der Waals surface area contributed by atoms with Crippen LogP contribution in [0.2, 0.25) is 0 Å². The molecular weight excluding hydrogens is 199 g/mol. The largest absolute Gasteiger partial charge is 0.673 e. The normalized spacial score (nSPS) is 10.4. The van der Waals surface area contributed by atoms with Crippen LogP contribution in [0.15, 0.2) is 25.3 Å². The van der Waals surface area contributed by atoms with E-state index in [0.29, 0.717) is 0 Å². The van der Waals surface area contributed by atoms with Crippen LogP contribution in [-0.4, -0.2) is 11.8 Å². The lowest BCUT2D eigenvalue weighted by Crippen LogP contribution is -2.21. The van der Waals surface area contributed by atoms with Crippen LogP contribution in [0.25, 0.3) is 6.20 Å². The van der Waals surface area contributed by atoms with Gasteiger partial charge in [-0.1, -0.05) is 6.58 Å². The van der Waals surface area contributed by atoms with Crippen LogP contribution in [0.3, 0.4) is 0 Å². The van der Waals surface area contributed by atoms with E-state index in [-0.39, 0.29) is 0 Å². The SMILES string of the molecule is C=C[n+]1ccn(CC)c1.F[B-](F)(F)F. The first-order valence-electron chi connectivity index (χ1n) is 3.93. The zero-order valence-corrected chi connectivity index (χ0v) is 7.71. The maximum absolute atomic E-state index is 9.75. The minimum atomic E-state index is -6.00. The van der Waals surface area contributed by atoms with E-state index in [1.165, 1.54) is 0 Å². The number of hydrogen-bond donors (Lipinski definition) is 0. The lowest BCUT2D eigenvalue weighted by molar-refractivity contribution is -0.567. The molecule has 0 unspecified atom stereocenters. The molecule has 0 saturated carbocycles. The molecule has 1 heterocycles. The van der Waals surface area contributed by atoms with Crippen LogP contribution in [-0.2, 0) is 6.54 Å². The summed E-state index contributed by atoms with van der Waals surface area (Å²) in [6.07, 6.45) is 7.75. The maximum Gasteiger partial charge on any atom is 0.673 e. The van der Waals surface area contributed by atoms with Crippen molar-refractivity contribution >= 4 is 13.5 Å². The summed E-state index contributed by atoms with van der Waals surface area (Å²) >= 11 is 0. The minimum Gasteiger partial charge on any atom is -0.418 e. The molecule has 7 heteroatoms. The number of aryl methyl sites for hydroxylation is 1. The van der Waals surface area contributed by atoms with Gasteiger partial charge in [0.1, 0.15) is 12.4 Å². The van der Waals surface area contributed by atoms with Gasteiger partial charge >= 0.3 is 7.25 Å². The van der Waals surface area contributed by atoms with Gasteiger partial charge in [-0.05, 0) is 6.92 Å². The van der Waals surface area contributed by atoms with Crippen LogP contribution >= 0.6 is 0 Å². The number of hydrogen-bond acceptors (Lipinski definition) is 0. The summed E-state index contributed by atoms with van der Waals surface area (Å²) in [6.45, 7) is 6.75. The predicted octanol–water partition coefficient (Wildman–Crippen LogP) is 2.20. The Morgan fingerprint density at radius 1 is 1.43 bits per heavy atom. The van der Waals surface area contributed by atoms with Crippen LogP contribution in [0.5, 0.6) is 0 Å². The molecule has 1 aromatic rings. The fourth-order valence-electron chi connectivity index (χ4n) is 0.706. The maximum atomic E-state index is 9.75. The van der Waals surface area contributed by atoms with Crippen molar-refractivity contribution in [2.45, 2.75) is 13.5 Å². The second-order valence-electron chi connectivity index (χ2n) is 2.37. The summed E-state index contributed by atoms with van der Waals surface area (Å²) in [5, 5.41) is 0. The van der Waals surface area contributed by atoms with Gasteiger partial charge in [0.15, 0.2) is 0 Å². The molecule has 2 nitrogen and oxygen atoms in total. The van der Waals surface area contributed by atoms with E-state index >= 15 is 0 Å². The zero-order chi connectivity index (χ0) is 11.2. The Labute approximate surface area is 79.6 Å². The molecule has 0 bridgehead atoms. The van der Waals surface area contributed by atoms with E-state index in [4.69, 9.17) is 0 Å². The summed E-state index contributed by atoms with van der Waals surface area (Å²) in [6, 6.07) is 0. The van der Waals surface area contributed by atoms with Crippen molar-refractivity contribution in [3.63, 3.8) is 0 Å². The van der Waals surface area contributed by atoms with Gasteiger partial charge in [0.25, 0.3) is 0 Å². The highest BCUT2D eigenvalue weighted by Gasteiger charge is 2.20. The molecule has 0 fully saturated rings. The highest BCUT2D eigenvalue weighted by Crippen LogP contribution is 2.06. The molecule has 0 radical (unpaired) electrons. The molecule has 0 atom stereocenters. The van der Waals surface area contributed by atoms with E-state index in [1.54, 1.807) is 6.20 Å². The average molecular weight is 210 g/mol. The Hall–Kier alpha value is -1.27. The quantitative estimate of drug-likeness (QED) is 0.402. The zero-order valence-electron chi connectivity index (χ0n) is 7.71. The molecule has 14 heavy (non-hydrogen) atoms. The summed E-state index contributed by atoms with van der Waals surface area (Å²) in [7, 11) is -6.00. The van der Waals surface area contributed by atoms with Gasteiger partial charge in [-0.25, -0.2) is 9.13 Å². The Kier molecular flexibility index (Phi) is 4.97. The number of halogens is 4. The number of rotatable bonds is 2. The summed E-state index contributed by atoms with van der Waals surface area (Å²) < 4.78 is 43.0. The van der Waals surface area contributed by atoms with E-state index in [9.17, 15) is 17.3 Å². The summed E-state index contributed by atoms with van der Waals surface area (Å²) in [5.41, 5.74) is 0. The lowest BCUT2D eigenvalue weighted by atomic mass is 10.3. The molecule has 0 saturated heterocycles. The summed E-state index contributed by atoms with van der Waals surface area (Å²) in [4.78, 5) is 0. The molecule has 1 aromatic heterocycles. The Morgan fingerprint density at radius 2 is 1.93 bits per heavy atom. The molecule has 0 aromatic carbocycles. The molecule has 0 aliphatic heterocycles. The van der Waals surface area contributed by atoms with Gasteiger partial charge in [-0.15, -0.1) is 0 Å². The Morgan fingerprint density at radius 3 is 2.14 bits per heavy atom. The van der Waals surface area contributed by atoms with Crippen molar-refractivity contribution in [2.24, 2.45) is 0 Å². The predicted molar refractivity (Wildman–Crippen MR) is 46.9 cm³/mol. The van der Waals surface area contributed by atoms with E-state index in [2.05, 4.69) is 18.1 Å². The van der Waals surface area contributed by atoms with Crippen molar-refractivity contribution in [3.8, 4) is 0 Å². The number of imidazole rings is 1. The third-order valence-corrected chi connectivity index (χ3v) is 1.29. The monoisotopic (exact) mass is 210 g/mol. The molecule has 0 aliphatic rings. The fourth-order valence-corrected chi connectivity index (χ4v) is 0.706. The van der Waals surface area contributed by atoms with Crippen molar-refractivity contribution < 1.29 is 21.8 Å². The summed E-state index contributed by atoms with van der Waals surface area (Å²) in [5.74, 6) is 0. The highest BCUT2D eigenvalue weighted by molar-refractivity contribution is 6.50. The number of aromatic nitrogens is 2.